The molecule has 0 unspecified atom stereocenters. The molecule has 1 aliphatic rings. The van der Waals surface area contributed by atoms with Gasteiger partial charge in [0.15, 0.2) is 0 Å². The summed E-state index contributed by atoms with van der Waals surface area (Å²) < 4.78 is 29.1. The third kappa shape index (κ3) is 7.83. The van der Waals surface area contributed by atoms with Crippen LogP contribution in [0.15, 0.2) is 48.5 Å². The average molecular weight is 583 g/mol. The van der Waals surface area contributed by atoms with E-state index in [9.17, 15) is 14.4 Å². The molecular formula is C31H43BN2O8. The molecule has 3 rings (SSSR count). The lowest BCUT2D eigenvalue weighted by Gasteiger charge is -2.32. The number of ether oxygens (including phenoxy) is 3. The monoisotopic (exact) mass is 582 g/mol. The molecule has 11 heteroatoms. The van der Waals surface area contributed by atoms with Crippen molar-refractivity contribution in [1.82, 2.24) is 10.2 Å². The maximum Gasteiger partial charge on any atom is 0.498 e. The van der Waals surface area contributed by atoms with Gasteiger partial charge in [0.2, 0.25) is 5.91 Å². The topological polar surface area (TPSA) is 113 Å². The molecule has 2 aromatic carbocycles. The van der Waals surface area contributed by atoms with E-state index in [1.807, 2.05) is 58.0 Å². The van der Waals surface area contributed by atoms with Crippen LogP contribution >= 0.6 is 0 Å². The number of carbonyl (C=O) groups is 3. The number of carbonyl (C=O) groups excluding carboxylic acids is 3. The summed E-state index contributed by atoms with van der Waals surface area (Å²) in [7, 11) is 2.21. The maximum atomic E-state index is 13.8. The van der Waals surface area contributed by atoms with E-state index in [0.29, 0.717) is 16.8 Å². The lowest BCUT2D eigenvalue weighted by atomic mass is 9.77. The molecule has 0 aromatic heterocycles. The van der Waals surface area contributed by atoms with Gasteiger partial charge in [-0.15, -0.1) is 0 Å². The van der Waals surface area contributed by atoms with Gasteiger partial charge < -0.3 is 28.8 Å². The van der Waals surface area contributed by atoms with Gasteiger partial charge in [0.1, 0.15) is 30.0 Å². The van der Waals surface area contributed by atoms with Crippen LogP contribution in [0, 0.1) is 0 Å². The maximum absolute atomic E-state index is 13.8. The lowest BCUT2D eigenvalue weighted by Crippen LogP contribution is -2.48. The first-order valence-electron chi connectivity index (χ1n) is 14.0. The zero-order valence-electron chi connectivity index (χ0n) is 26.3. The summed E-state index contributed by atoms with van der Waals surface area (Å²) in [6.45, 7) is 14.6. The van der Waals surface area contributed by atoms with Crippen LogP contribution in [-0.2, 0) is 35.0 Å². The fourth-order valence-electron chi connectivity index (χ4n) is 4.27. The Balaban J connectivity index is 1.92. The number of nitrogens with one attached hydrogen (secondary N) is 1. The highest BCUT2D eigenvalue weighted by Crippen LogP contribution is 2.37. The molecule has 1 N–H and O–H groups in total. The Morgan fingerprint density at radius 1 is 1.00 bits per heavy atom. The van der Waals surface area contributed by atoms with E-state index >= 15 is 0 Å². The molecule has 1 aliphatic heterocycles. The summed E-state index contributed by atoms with van der Waals surface area (Å²) in [6.07, 6.45) is -0.713. The second kappa shape index (κ2) is 12.7. The Labute approximate surface area is 249 Å². The Kier molecular flexibility index (Phi) is 10.00. The molecule has 10 nitrogen and oxygen atoms in total. The van der Waals surface area contributed by atoms with Gasteiger partial charge in [-0.2, -0.15) is 0 Å². The molecule has 2 amide bonds. The Bertz CT molecular complexity index is 1260. The van der Waals surface area contributed by atoms with Crippen LogP contribution in [-0.4, -0.2) is 67.0 Å². The molecule has 1 saturated heterocycles. The Morgan fingerprint density at radius 2 is 1.60 bits per heavy atom. The molecule has 0 saturated carbocycles. The fourth-order valence-corrected chi connectivity index (χ4v) is 4.27. The van der Waals surface area contributed by atoms with Crippen LogP contribution in [0.1, 0.15) is 72.6 Å². The van der Waals surface area contributed by atoms with Gasteiger partial charge in [0, 0.05) is 12.5 Å². The van der Waals surface area contributed by atoms with Gasteiger partial charge in [-0.05, 0) is 72.6 Å². The van der Waals surface area contributed by atoms with Gasteiger partial charge in [0.25, 0.3) is 0 Å². The van der Waals surface area contributed by atoms with Crippen LogP contribution in [0.4, 0.5) is 4.79 Å². The minimum Gasteiger partial charge on any atom is -0.497 e. The third-order valence-electron chi connectivity index (χ3n) is 7.33. The van der Waals surface area contributed by atoms with E-state index in [1.54, 1.807) is 39.0 Å². The number of amides is 2. The SMILES string of the molecule is COc1ccc([C@@H](C(=O)N[C@@H](C)C(=O)OCc2ccccc2)N(C)C(=O)OC(C)(C)C)cc1B1OC(C)(C)C(C)(C)O1. The van der Waals surface area contributed by atoms with Gasteiger partial charge in [-0.25, -0.2) is 9.59 Å². The van der Waals surface area contributed by atoms with E-state index < -0.39 is 54.0 Å². The molecule has 1 fully saturated rings. The zero-order chi connectivity index (χ0) is 31.5. The van der Waals surface area contributed by atoms with E-state index in [1.165, 1.54) is 26.0 Å². The summed E-state index contributed by atoms with van der Waals surface area (Å²) in [4.78, 5) is 40.9. The quantitative estimate of drug-likeness (QED) is 0.347. The number of likely N-dealkylation sites (N-methyl/N-ethyl adjacent to an activating group) is 1. The molecule has 1 heterocycles. The highest BCUT2D eigenvalue weighted by molar-refractivity contribution is 6.63. The van der Waals surface area contributed by atoms with Crippen molar-refractivity contribution in [2.24, 2.45) is 0 Å². The number of methoxy groups -OCH3 is 1. The largest absolute Gasteiger partial charge is 0.498 e. The average Bonchev–Trinajstić information content (AvgIpc) is 3.13. The molecule has 228 valence electrons. The van der Waals surface area contributed by atoms with Gasteiger partial charge in [-0.3, -0.25) is 9.69 Å². The van der Waals surface area contributed by atoms with Crippen molar-refractivity contribution >= 4 is 30.6 Å². The number of hydrogen-bond acceptors (Lipinski definition) is 8. The van der Waals surface area contributed by atoms with Crippen molar-refractivity contribution in [1.29, 1.82) is 0 Å². The minimum atomic E-state index is -1.17. The summed E-state index contributed by atoms with van der Waals surface area (Å²) in [5.74, 6) is -0.717. The Hall–Kier alpha value is -3.57. The fraction of sp³-hybridized carbons (Fsp3) is 0.516. The van der Waals surface area contributed by atoms with Crippen LogP contribution in [0.2, 0.25) is 0 Å². The number of nitrogens with zero attached hydrogens (tertiary/aromatic N) is 1. The van der Waals surface area contributed by atoms with E-state index in [4.69, 9.17) is 23.5 Å². The molecule has 0 radical (unpaired) electrons. The van der Waals surface area contributed by atoms with Crippen LogP contribution < -0.4 is 15.5 Å². The van der Waals surface area contributed by atoms with Gasteiger partial charge in [0.05, 0.1) is 18.3 Å². The number of esters is 1. The van der Waals surface area contributed by atoms with E-state index in [2.05, 4.69) is 5.32 Å². The first-order chi connectivity index (χ1) is 19.5. The van der Waals surface area contributed by atoms with Crippen molar-refractivity contribution in [3.05, 3.63) is 59.7 Å². The molecule has 42 heavy (non-hydrogen) atoms. The molecule has 0 aliphatic carbocycles. The van der Waals surface area contributed by atoms with Crippen molar-refractivity contribution in [2.75, 3.05) is 14.2 Å². The third-order valence-corrected chi connectivity index (χ3v) is 7.33. The molecule has 0 spiro atoms. The second-order valence-corrected chi connectivity index (χ2v) is 12.4. The van der Waals surface area contributed by atoms with Crippen molar-refractivity contribution in [3.8, 4) is 5.75 Å². The highest BCUT2D eigenvalue weighted by atomic mass is 16.7. The number of benzene rings is 2. The summed E-state index contributed by atoms with van der Waals surface area (Å²) in [5.41, 5.74) is -0.207. The first-order valence-corrected chi connectivity index (χ1v) is 14.0. The van der Waals surface area contributed by atoms with Crippen molar-refractivity contribution in [2.45, 2.75) is 90.9 Å². The standard InChI is InChI=1S/C31H43BN2O8/c1-20(27(36)39-19-21-14-12-11-13-15-21)33-26(35)25(34(9)28(37)40-29(2,3)4)22-16-17-24(38-10)23(18-22)32-41-30(5,6)31(7,8)42-32/h11-18,20,25H,19H2,1-10H3,(H,33,35)/t20-,25-/m0/s1. The number of hydrogen-bond donors (Lipinski definition) is 1. The van der Waals surface area contributed by atoms with E-state index in [-0.39, 0.29) is 6.61 Å². The normalized spacial score (nSPS) is 17.1. The first kappa shape index (κ1) is 32.9. The van der Waals surface area contributed by atoms with Crippen LogP contribution in [0.3, 0.4) is 0 Å². The van der Waals surface area contributed by atoms with Gasteiger partial charge in [-0.1, -0.05) is 42.5 Å². The smallest absolute Gasteiger partial charge is 0.497 e. The molecule has 0 bridgehead atoms. The predicted octanol–water partition coefficient (Wildman–Crippen LogP) is 4.15. The summed E-state index contributed by atoms with van der Waals surface area (Å²) >= 11 is 0. The van der Waals surface area contributed by atoms with E-state index in [0.717, 1.165) is 5.56 Å². The summed E-state index contributed by atoms with van der Waals surface area (Å²) in [5, 5.41) is 2.70. The second-order valence-electron chi connectivity index (χ2n) is 12.4. The predicted molar refractivity (Wildman–Crippen MR) is 159 cm³/mol. The van der Waals surface area contributed by atoms with Gasteiger partial charge >= 0.3 is 19.2 Å². The Morgan fingerprint density at radius 3 is 2.14 bits per heavy atom. The van der Waals surface area contributed by atoms with Crippen molar-refractivity contribution in [3.63, 3.8) is 0 Å². The molecular weight excluding hydrogens is 539 g/mol. The number of rotatable bonds is 9. The lowest BCUT2D eigenvalue weighted by molar-refractivity contribution is -0.149. The molecule has 2 aromatic rings. The zero-order valence-corrected chi connectivity index (χ0v) is 26.3. The highest BCUT2D eigenvalue weighted by Gasteiger charge is 2.52. The van der Waals surface area contributed by atoms with Crippen LogP contribution in [0.5, 0.6) is 5.75 Å². The minimum absolute atomic E-state index is 0.0665. The molecule has 2 atom stereocenters. The van der Waals surface area contributed by atoms with Crippen LogP contribution in [0.25, 0.3) is 0 Å². The summed E-state index contributed by atoms with van der Waals surface area (Å²) in [6, 6.07) is 12.2. The van der Waals surface area contributed by atoms with Crippen molar-refractivity contribution < 1.29 is 37.9 Å².